The first-order valence-corrected chi connectivity index (χ1v) is 2.35. The standard InChI is InChI=1S/Cd.H3O4P.H2S/c;1-5(2,3)4;/h;(H3,1,2,3,4);1H2. The van der Waals surface area contributed by atoms with Crippen molar-refractivity contribution in [2.24, 2.45) is 0 Å². The Hall–Kier alpha value is 1.38. The first kappa shape index (κ1) is 15.8. The SMILES string of the molecule is O=P(O)(O)O.S.[Cd]. The van der Waals surface area contributed by atoms with E-state index in [4.69, 9.17) is 19.2 Å². The largest absolute Gasteiger partial charge is 0.466 e. The number of rotatable bonds is 0. The predicted molar refractivity (Wildman–Crippen MR) is 24.6 cm³/mol. The summed E-state index contributed by atoms with van der Waals surface area (Å²) in [7, 11) is -4.64. The molecule has 0 unspecified atom stereocenters. The van der Waals surface area contributed by atoms with Crippen LogP contribution >= 0.6 is 21.3 Å². The Morgan fingerprint density at radius 3 is 1.14 bits per heavy atom. The predicted octanol–water partition coefficient (Wildman–Crippen LogP) is -0.818. The third-order valence-corrected chi connectivity index (χ3v) is 0. The third kappa shape index (κ3) is 112. The maximum Gasteiger partial charge on any atom is 0.466 e. The summed E-state index contributed by atoms with van der Waals surface area (Å²) < 4.78 is 8.88. The molecule has 0 fully saturated rings. The molecular formula is H5CdO4PS. The molecule has 0 amide bonds. The fraction of sp³-hybridized carbons (Fsp3) is 0. The van der Waals surface area contributed by atoms with Crippen LogP contribution in [0, 0.1) is 0 Å². The quantitative estimate of drug-likeness (QED) is 0.384. The monoisotopic (exact) mass is 246 g/mol. The molecule has 4 nitrogen and oxygen atoms in total. The van der Waals surface area contributed by atoms with Crippen LogP contribution in [-0.4, -0.2) is 14.7 Å². The Labute approximate surface area is 67.8 Å². The van der Waals surface area contributed by atoms with E-state index in [0.717, 1.165) is 0 Å². The molecule has 0 aromatic carbocycles. The van der Waals surface area contributed by atoms with Gasteiger partial charge >= 0.3 is 7.82 Å². The molecule has 7 heteroatoms. The average molecular weight is 244 g/mol. The molecule has 0 atom stereocenters. The van der Waals surface area contributed by atoms with Gasteiger partial charge < -0.3 is 14.7 Å². The summed E-state index contributed by atoms with van der Waals surface area (Å²) in [5.41, 5.74) is 0. The van der Waals surface area contributed by atoms with E-state index in [1.165, 1.54) is 0 Å². The first-order chi connectivity index (χ1) is 2.00. The first-order valence-electron chi connectivity index (χ1n) is 0.783. The topological polar surface area (TPSA) is 77.8 Å². The fourth-order valence-corrected chi connectivity index (χ4v) is 0. The molecule has 0 saturated heterocycles. The van der Waals surface area contributed by atoms with Gasteiger partial charge in [0.05, 0.1) is 0 Å². The second kappa shape index (κ2) is 5.52. The van der Waals surface area contributed by atoms with Crippen LogP contribution < -0.4 is 0 Å². The zero-order chi connectivity index (χ0) is 4.50. The molecule has 0 rings (SSSR count). The van der Waals surface area contributed by atoms with Gasteiger partial charge in [-0.15, -0.1) is 0 Å². The van der Waals surface area contributed by atoms with E-state index >= 15 is 0 Å². The molecule has 0 aromatic rings. The van der Waals surface area contributed by atoms with Crippen LogP contribution in [0.4, 0.5) is 0 Å². The van der Waals surface area contributed by atoms with E-state index in [-0.39, 0.29) is 40.8 Å². The summed E-state index contributed by atoms with van der Waals surface area (Å²) in [6.45, 7) is 0. The van der Waals surface area contributed by atoms with Crippen molar-refractivity contribution in [3.8, 4) is 0 Å². The van der Waals surface area contributed by atoms with Gasteiger partial charge in [-0.1, -0.05) is 0 Å². The van der Waals surface area contributed by atoms with Crippen molar-refractivity contribution in [3.05, 3.63) is 0 Å². The van der Waals surface area contributed by atoms with Crippen molar-refractivity contribution in [1.29, 1.82) is 0 Å². The summed E-state index contributed by atoms with van der Waals surface area (Å²) in [5.74, 6) is 0. The van der Waals surface area contributed by atoms with Gasteiger partial charge in [-0.2, -0.15) is 13.5 Å². The van der Waals surface area contributed by atoms with Gasteiger partial charge in [0.1, 0.15) is 0 Å². The van der Waals surface area contributed by atoms with Crippen LogP contribution in [-0.2, 0) is 31.9 Å². The minimum atomic E-state index is -4.64. The minimum absolute atomic E-state index is 0. The summed E-state index contributed by atoms with van der Waals surface area (Å²) in [5, 5.41) is 0. The van der Waals surface area contributed by atoms with Crippen molar-refractivity contribution in [3.63, 3.8) is 0 Å². The Morgan fingerprint density at radius 2 is 1.14 bits per heavy atom. The van der Waals surface area contributed by atoms with Gasteiger partial charge in [0.2, 0.25) is 0 Å². The molecule has 3 N–H and O–H groups in total. The molecule has 0 aliphatic heterocycles. The maximum absolute atomic E-state index is 8.88. The molecule has 0 bridgehead atoms. The zero-order valence-electron chi connectivity index (χ0n) is 3.40. The van der Waals surface area contributed by atoms with Crippen molar-refractivity contribution in [2.75, 3.05) is 0 Å². The molecule has 42 valence electrons. The van der Waals surface area contributed by atoms with Crippen LogP contribution in [0.1, 0.15) is 0 Å². The molecule has 0 saturated carbocycles. The van der Waals surface area contributed by atoms with Crippen LogP contribution in [0.2, 0.25) is 0 Å². The average Bonchev–Trinajstić information content (AvgIpc) is 0.722. The normalized spacial score (nSPS) is 8.43. The fourth-order valence-electron chi connectivity index (χ4n) is 0. The molecule has 0 aromatic heterocycles. The summed E-state index contributed by atoms with van der Waals surface area (Å²) in [4.78, 5) is 21.6. The van der Waals surface area contributed by atoms with Gasteiger partial charge in [0, 0.05) is 27.3 Å². The van der Waals surface area contributed by atoms with E-state index in [1.807, 2.05) is 0 Å². The number of phosphoric acid groups is 1. The Kier molecular flexibility index (Phi) is 12.4. The smallest absolute Gasteiger partial charge is 0.303 e. The van der Waals surface area contributed by atoms with E-state index in [9.17, 15) is 0 Å². The minimum Gasteiger partial charge on any atom is -0.303 e. The second-order valence-corrected chi connectivity index (χ2v) is 1.54. The Balaban J connectivity index is -0.0000000800. The summed E-state index contributed by atoms with van der Waals surface area (Å²) in [6, 6.07) is 0. The van der Waals surface area contributed by atoms with Crippen molar-refractivity contribution in [1.82, 2.24) is 0 Å². The number of hydrogen-bond acceptors (Lipinski definition) is 1. The second-order valence-electron chi connectivity index (χ2n) is 0.513. The molecule has 7 heavy (non-hydrogen) atoms. The Morgan fingerprint density at radius 1 is 1.14 bits per heavy atom. The molecular weight excluding hydrogens is 239 g/mol. The van der Waals surface area contributed by atoms with E-state index in [0.29, 0.717) is 0 Å². The molecule has 0 radical (unpaired) electrons. The molecule has 0 spiro atoms. The van der Waals surface area contributed by atoms with Crippen LogP contribution in [0.25, 0.3) is 0 Å². The summed E-state index contributed by atoms with van der Waals surface area (Å²) in [6.07, 6.45) is 0. The third-order valence-electron chi connectivity index (χ3n) is 0. The van der Waals surface area contributed by atoms with Crippen LogP contribution in [0.5, 0.6) is 0 Å². The van der Waals surface area contributed by atoms with Crippen molar-refractivity contribution in [2.45, 2.75) is 0 Å². The van der Waals surface area contributed by atoms with Crippen molar-refractivity contribution >= 4 is 21.3 Å². The van der Waals surface area contributed by atoms with Gasteiger partial charge in [0.15, 0.2) is 0 Å². The van der Waals surface area contributed by atoms with Crippen molar-refractivity contribution < 1.29 is 46.5 Å². The molecule has 0 heterocycles. The number of hydrogen-bond donors (Lipinski definition) is 3. The molecule has 0 aliphatic carbocycles. The van der Waals surface area contributed by atoms with Gasteiger partial charge in [-0.05, 0) is 0 Å². The van der Waals surface area contributed by atoms with Gasteiger partial charge in [-0.25, -0.2) is 4.57 Å². The van der Waals surface area contributed by atoms with Crippen LogP contribution in [0.15, 0.2) is 0 Å². The van der Waals surface area contributed by atoms with E-state index in [2.05, 4.69) is 0 Å². The van der Waals surface area contributed by atoms with E-state index < -0.39 is 7.82 Å². The summed E-state index contributed by atoms with van der Waals surface area (Å²) >= 11 is 0. The van der Waals surface area contributed by atoms with Crippen LogP contribution in [0.3, 0.4) is 0 Å². The zero-order valence-corrected chi connectivity index (χ0v) is 9.33. The van der Waals surface area contributed by atoms with Gasteiger partial charge in [0.25, 0.3) is 0 Å². The maximum atomic E-state index is 8.88. The molecule has 0 aliphatic rings. The van der Waals surface area contributed by atoms with Gasteiger partial charge in [-0.3, -0.25) is 0 Å². The Bertz CT molecular complexity index is 57.8. The van der Waals surface area contributed by atoms with E-state index in [1.54, 1.807) is 0 Å².